The summed E-state index contributed by atoms with van der Waals surface area (Å²) in [6.45, 7) is 0. The van der Waals surface area contributed by atoms with Gasteiger partial charge in [0.05, 0.1) is 4.92 Å². The molecule has 7 heteroatoms. The molecule has 0 aliphatic heterocycles. The van der Waals surface area contributed by atoms with Crippen molar-refractivity contribution in [2.75, 3.05) is 23.4 Å². The lowest BCUT2D eigenvalue weighted by molar-refractivity contribution is -0.384. The first-order valence-corrected chi connectivity index (χ1v) is 5.56. The predicted octanol–water partition coefficient (Wildman–Crippen LogP) is 2.36. The molecule has 0 fully saturated rings. The number of pyridine rings is 1. The number of rotatable bonds is 4. The lowest BCUT2D eigenvalue weighted by Crippen LogP contribution is -2.02. The predicted molar refractivity (Wildman–Crippen MR) is 74.6 cm³/mol. The fourth-order valence-corrected chi connectivity index (χ4v) is 1.53. The van der Waals surface area contributed by atoms with Crippen LogP contribution in [0.15, 0.2) is 36.4 Å². The Bertz CT molecular complexity index is 598. The smallest absolute Gasteiger partial charge is 0.311 e. The largest absolute Gasteiger partial charge is 0.399 e. The van der Waals surface area contributed by atoms with Gasteiger partial charge in [-0.2, -0.15) is 0 Å². The van der Waals surface area contributed by atoms with Crippen molar-refractivity contribution < 1.29 is 4.92 Å². The van der Waals surface area contributed by atoms with Gasteiger partial charge in [-0.25, -0.2) is 4.98 Å². The van der Waals surface area contributed by atoms with Crippen molar-refractivity contribution >= 4 is 28.7 Å². The van der Waals surface area contributed by atoms with E-state index in [1.54, 1.807) is 37.4 Å². The van der Waals surface area contributed by atoms with Gasteiger partial charge < -0.3 is 16.4 Å². The second kappa shape index (κ2) is 5.21. The van der Waals surface area contributed by atoms with Gasteiger partial charge in [-0.3, -0.25) is 10.1 Å². The molecule has 4 N–H and O–H groups in total. The summed E-state index contributed by atoms with van der Waals surface area (Å²) in [6, 6.07) is 9.82. The molecule has 98 valence electrons. The van der Waals surface area contributed by atoms with Crippen molar-refractivity contribution in [3.63, 3.8) is 0 Å². The summed E-state index contributed by atoms with van der Waals surface area (Å²) >= 11 is 0. The summed E-state index contributed by atoms with van der Waals surface area (Å²) in [6.07, 6.45) is 0. The first-order chi connectivity index (χ1) is 9.10. The molecule has 0 radical (unpaired) electrons. The van der Waals surface area contributed by atoms with Gasteiger partial charge in [-0.05, 0) is 30.3 Å². The third-order valence-corrected chi connectivity index (χ3v) is 2.50. The quantitative estimate of drug-likeness (QED) is 0.442. The molecule has 2 rings (SSSR count). The third-order valence-electron chi connectivity index (χ3n) is 2.50. The lowest BCUT2D eigenvalue weighted by Gasteiger charge is -2.08. The van der Waals surface area contributed by atoms with E-state index in [-0.39, 0.29) is 11.5 Å². The summed E-state index contributed by atoms with van der Waals surface area (Å²) < 4.78 is 0. The van der Waals surface area contributed by atoms with E-state index in [9.17, 15) is 10.1 Å². The van der Waals surface area contributed by atoms with E-state index in [1.807, 2.05) is 0 Å². The van der Waals surface area contributed by atoms with Crippen molar-refractivity contribution in [1.82, 2.24) is 4.98 Å². The molecule has 0 amide bonds. The van der Waals surface area contributed by atoms with Gasteiger partial charge in [-0.1, -0.05) is 0 Å². The minimum atomic E-state index is -0.480. The average molecular weight is 259 g/mol. The maximum atomic E-state index is 11.0. The Morgan fingerprint density at radius 1 is 1.21 bits per heavy atom. The first-order valence-electron chi connectivity index (χ1n) is 5.56. The van der Waals surface area contributed by atoms with E-state index in [2.05, 4.69) is 15.6 Å². The molecule has 1 aromatic carbocycles. The molecule has 0 saturated carbocycles. The molecule has 0 bridgehead atoms. The zero-order valence-corrected chi connectivity index (χ0v) is 10.3. The SMILES string of the molecule is CNc1ccc([N+](=O)[O-])c(Nc2ccc(N)cc2)n1. The summed E-state index contributed by atoms with van der Waals surface area (Å²) in [7, 11) is 1.70. The highest BCUT2D eigenvalue weighted by molar-refractivity contribution is 5.68. The van der Waals surface area contributed by atoms with Crippen LogP contribution in [-0.2, 0) is 0 Å². The first kappa shape index (κ1) is 12.6. The van der Waals surface area contributed by atoms with E-state index in [1.165, 1.54) is 6.07 Å². The van der Waals surface area contributed by atoms with E-state index in [0.717, 1.165) is 0 Å². The number of nitrogens with two attached hydrogens (primary N) is 1. The van der Waals surface area contributed by atoms with Gasteiger partial charge in [0.25, 0.3) is 0 Å². The van der Waals surface area contributed by atoms with Crippen LogP contribution in [0.5, 0.6) is 0 Å². The molecule has 7 nitrogen and oxygen atoms in total. The van der Waals surface area contributed by atoms with Crippen molar-refractivity contribution in [2.45, 2.75) is 0 Å². The molecule has 2 aromatic rings. The Morgan fingerprint density at radius 3 is 2.47 bits per heavy atom. The summed E-state index contributed by atoms with van der Waals surface area (Å²) in [5.74, 6) is 0.727. The number of nitrogen functional groups attached to an aromatic ring is 1. The molecule has 0 aliphatic carbocycles. The highest BCUT2D eigenvalue weighted by Crippen LogP contribution is 2.27. The number of anilines is 4. The van der Waals surface area contributed by atoms with Gasteiger partial charge in [0.15, 0.2) is 0 Å². The van der Waals surface area contributed by atoms with Crippen molar-refractivity contribution in [1.29, 1.82) is 0 Å². The van der Waals surface area contributed by atoms with Crippen molar-refractivity contribution in [2.24, 2.45) is 0 Å². The fraction of sp³-hybridized carbons (Fsp3) is 0.0833. The second-order valence-corrected chi connectivity index (χ2v) is 3.82. The zero-order chi connectivity index (χ0) is 13.8. The Kier molecular flexibility index (Phi) is 3.46. The van der Waals surface area contributed by atoms with Gasteiger partial charge >= 0.3 is 5.69 Å². The van der Waals surface area contributed by atoms with Crippen LogP contribution in [0.2, 0.25) is 0 Å². The molecular weight excluding hydrogens is 246 g/mol. The number of nitro groups is 1. The van der Waals surface area contributed by atoms with Crippen LogP contribution in [0.3, 0.4) is 0 Å². The monoisotopic (exact) mass is 259 g/mol. The van der Waals surface area contributed by atoms with E-state index in [4.69, 9.17) is 5.73 Å². The molecule has 0 spiro atoms. The highest BCUT2D eigenvalue weighted by Gasteiger charge is 2.15. The maximum absolute atomic E-state index is 11.0. The van der Waals surface area contributed by atoms with Gasteiger partial charge in [0.1, 0.15) is 5.82 Å². The van der Waals surface area contributed by atoms with Gasteiger partial charge in [0.2, 0.25) is 5.82 Å². The minimum absolute atomic E-state index is 0.0872. The van der Waals surface area contributed by atoms with Crippen LogP contribution in [0.25, 0.3) is 0 Å². The summed E-state index contributed by atoms with van der Waals surface area (Å²) in [5.41, 5.74) is 6.80. The molecular formula is C12H13N5O2. The average Bonchev–Trinajstić information content (AvgIpc) is 2.41. The molecule has 0 aliphatic rings. The standard InChI is InChI=1S/C12H13N5O2/c1-14-11-7-6-10(17(18)19)12(16-11)15-9-4-2-8(13)3-5-9/h2-7H,13H2,1H3,(H2,14,15,16). The number of aromatic nitrogens is 1. The zero-order valence-electron chi connectivity index (χ0n) is 10.3. The second-order valence-electron chi connectivity index (χ2n) is 3.82. The molecule has 0 saturated heterocycles. The molecule has 1 heterocycles. The molecule has 0 atom stereocenters. The number of nitrogens with zero attached hydrogens (tertiary/aromatic N) is 2. The summed E-state index contributed by atoms with van der Waals surface area (Å²) in [5, 5.41) is 16.7. The topological polar surface area (TPSA) is 106 Å². The van der Waals surface area contributed by atoms with E-state index < -0.39 is 4.92 Å². The highest BCUT2D eigenvalue weighted by atomic mass is 16.6. The normalized spacial score (nSPS) is 9.95. The van der Waals surface area contributed by atoms with Crippen LogP contribution >= 0.6 is 0 Å². The van der Waals surface area contributed by atoms with E-state index >= 15 is 0 Å². The Hall–Kier alpha value is -2.83. The van der Waals surface area contributed by atoms with Crippen LogP contribution in [0.1, 0.15) is 0 Å². The van der Waals surface area contributed by atoms with E-state index in [0.29, 0.717) is 17.2 Å². The molecule has 19 heavy (non-hydrogen) atoms. The third kappa shape index (κ3) is 2.89. The maximum Gasteiger partial charge on any atom is 0.311 e. The van der Waals surface area contributed by atoms with Crippen LogP contribution in [0, 0.1) is 10.1 Å². The van der Waals surface area contributed by atoms with Crippen LogP contribution < -0.4 is 16.4 Å². The summed E-state index contributed by atoms with van der Waals surface area (Å²) in [4.78, 5) is 14.6. The molecule has 1 aromatic heterocycles. The van der Waals surface area contributed by atoms with Gasteiger partial charge in [-0.15, -0.1) is 0 Å². The number of nitrogens with one attached hydrogen (secondary N) is 2. The lowest BCUT2D eigenvalue weighted by atomic mass is 10.3. The molecule has 0 unspecified atom stereocenters. The van der Waals surface area contributed by atoms with Gasteiger partial charge in [0, 0.05) is 24.5 Å². The van der Waals surface area contributed by atoms with Crippen LogP contribution in [-0.4, -0.2) is 17.0 Å². The number of benzene rings is 1. The fourth-order valence-electron chi connectivity index (χ4n) is 1.53. The number of hydrogen-bond acceptors (Lipinski definition) is 6. The Labute approximate surface area is 109 Å². The Morgan fingerprint density at radius 2 is 1.89 bits per heavy atom. The van der Waals surface area contributed by atoms with Crippen molar-refractivity contribution in [3.05, 3.63) is 46.5 Å². The van der Waals surface area contributed by atoms with Crippen molar-refractivity contribution in [3.8, 4) is 0 Å². The number of hydrogen-bond donors (Lipinski definition) is 3. The van der Waals surface area contributed by atoms with Crippen LogP contribution in [0.4, 0.5) is 28.7 Å². The Balaban J connectivity index is 2.36. The minimum Gasteiger partial charge on any atom is -0.399 e.